The van der Waals surface area contributed by atoms with Crippen LogP contribution in [0.25, 0.3) is 22.3 Å². The van der Waals surface area contributed by atoms with Crippen molar-refractivity contribution in [2.75, 3.05) is 7.11 Å². The lowest BCUT2D eigenvalue weighted by Gasteiger charge is -2.08. The number of rotatable bonds is 2. The highest BCUT2D eigenvalue weighted by Gasteiger charge is 2.30. The highest BCUT2D eigenvalue weighted by molar-refractivity contribution is 5.80. The maximum Gasteiger partial charge on any atom is 0.416 e. The Morgan fingerprint density at radius 1 is 1.00 bits per heavy atom. The average molecular weight is 320 g/mol. The molecule has 0 spiro atoms. The molecule has 3 aromatic rings. The van der Waals surface area contributed by atoms with Crippen molar-refractivity contribution in [2.24, 2.45) is 0 Å². The molecule has 23 heavy (non-hydrogen) atoms. The van der Waals surface area contributed by atoms with Gasteiger partial charge in [-0.3, -0.25) is 4.79 Å². The standard InChI is InChI=1S/C17H11F3O3/c1-22-12-6-7-15-13(8-12)14(21)9-16(23-15)10-2-4-11(5-3-10)17(18,19)20/h2-9H,1H3. The zero-order valence-corrected chi connectivity index (χ0v) is 12.0. The van der Waals surface area contributed by atoms with Crippen LogP contribution in [0.5, 0.6) is 5.75 Å². The Hall–Kier alpha value is -2.76. The Labute approximate surface area is 128 Å². The second-order valence-corrected chi connectivity index (χ2v) is 4.91. The topological polar surface area (TPSA) is 39.4 Å². The first-order valence-electron chi connectivity index (χ1n) is 6.68. The van der Waals surface area contributed by atoms with Crippen LogP contribution in [0.2, 0.25) is 0 Å². The summed E-state index contributed by atoms with van der Waals surface area (Å²) >= 11 is 0. The number of hydrogen-bond donors (Lipinski definition) is 0. The molecule has 0 saturated heterocycles. The molecule has 2 aromatic carbocycles. The molecule has 6 heteroatoms. The maximum atomic E-state index is 12.6. The summed E-state index contributed by atoms with van der Waals surface area (Å²) in [5.74, 6) is 0.730. The van der Waals surface area contributed by atoms with E-state index in [2.05, 4.69) is 0 Å². The number of methoxy groups -OCH3 is 1. The van der Waals surface area contributed by atoms with Gasteiger partial charge in [0.2, 0.25) is 0 Å². The van der Waals surface area contributed by atoms with Crippen LogP contribution < -0.4 is 10.2 Å². The van der Waals surface area contributed by atoms with Crippen molar-refractivity contribution in [3.8, 4) is 17.1 Å². The van der Waals surface area contributed by atoms with E-state index < -0.39 is 11.7 Å². The molecule has 3 rings (SSSR count). The lowest BCUT2D eigenvalue weighted by molar-refractivity contribution is -0.137. The van der Waals surface area contributed by atoms with Gasteiger partial charge in [-0.2, -0.15) is 13.2 Å². The third kappa shape index (κ3) is 2.92. The Bertz CT molecular complexity index is 909. The van der Waals surface area contributed by atoms with Gasteiger partial charge in [-0.15, -0.1) is 0 Å². The number of alkyl halides is 3. The van der Waals surface area contributed by atoms with Gasteiger partial charge < -0.3 is 9.15 Å². The number of halogens is 3. The van der Waals surface area contributed by atoms with Crippen LogP contribution in [-0.4, -0.2) is 7.11 Å². The second kappa shape index (κ2) is 5.46. The SMILES string of the molecule is COc1ccc2oc(-c3ccc(C(F)(F)F)cc3)cc(=O)c2c1. The first kappa shape index (κ1) is 15.1. The van der Waals surface area contributed by atoms with E-state index in [1.165, 1.54) is 25.3 Å². The van der Waals surface area contributed by atoms with Gasteiger partial charge in [0.15, 0.2) is 5.43 Å². The van der Waals surface area contributed by atoms with Gasteiger partial charge in [0.1, 0.15) is 17.1 Å². The third-order valence-corrected chi connectivity index (χ3v) is 3.43. The second-order valence-electron chi connectivity index (χ2n) is 4.91. The van der Waals surface area contributed by atoms with Gasteiger partial charge in [-0.1, -0.05) is 12.1 Å². The smallest absolute Gasteiger partial charge is 0.416 e. The minimum absolute atomic E-state index is 0.210. The van der Waals surface area contributed by atoms with E-state index in [-0.39, 0.29) is 11.2 Å². The van der Waals surface area contributed by atoms with E-state index >= 15 is 0 Å². The molecule has 0 radical (unpaired) electrons. The fourth-order valence-electron chi connectivity index (χ4n) is 2.23. The first-order valence-corrected chi connectivity index (χ1v) is 6.68. The molecule has 0 fully saturated rings. The van der Waals surface area contributed by atoms with Crippen molar-refractivity contribution < 1.29 is 22.3 Å². The van der Waals surface area contributed by atoms with E-state index in [1.54, 1.807) is 18.2 Å². The van der Waals surface area contributed by atoms with Crippen molar-refractivity contribution in [1.82, 2.24) is 0 Å². The maximum absolute atomic E-state index is 12.6. The molecule has 118 valence electrons. The van der Waals surface area contributed by atoms with Crippen molar-refractivity contribution in [3.63, 3.8) is 0 Å². The van der Waals surface area contributed by atoms with E-state index in [1.807, 2.05) is 0 Å². The van der Waals surface area contributed by atoms with Gasteiger partial charge in [-0.05, 0) is 30.3 Å². The van der Waals surface area contributed by atoms with E-state index in [4.69, 9.17) is 9.15 Å². The molecule has 3 nitrogen and oxygen atoms in total. The summed E-state index contributed by atoms with van der Waals surface area (Å²) in [6, 6.07) is 10.5. The number of benzene rings is 2. The fraction of sp³-hybridized carbons (Fsp3) is 0.118. The molecular weight excluding hydrogens is 309 g/mol. The normalized spacial score (nSPS) is 11.7. The highest BCUT2D eigenvalue weighted by Crippen LogP contribution is 2.31. The molecule has 0 aliphatic carbocycles. The predicted octanol–water partition coefficient (Wildman–Crippen LogP) is 4.49. The van der Waals surface area contributed by atoms with Crippen molar-refractivity contribution in [2.45, 2.75) is 6.18 Å². The zero-order valence-electron chi connectivity index (χ0n) is 12.0. The van der Waals surface area contributed by atoms with Crippen LogP contribution in [0.1, 0.15) is 5.56 Å². The first-order chi connectivity index (χ1) is 10.9. The quantitative estimate of drug-likeness (QED) is 0.698. The Balaban J connectivity index is 2.08. The van der Waals surface area contributed by atoms with E-state index in [0.717, 1.165) is 12.1 Å². The Morgan fingerprint density at radius 2 is 1.70 bits per heavy atom. The Morgan fingerprint density at radius 3 is 2.30 bits per heavy atom. The summed E-state index contributed by atoms with van der Waals surface area (Å²) in [7, 11) is 1.49. The van der Waals surface area contributed by atoms with Crippen LogP contribution in [0.3, 0.4) is 0 Å². The number of fused-ring (bicyclic) bond motifs is 1. The molecule has 1 heterocycles. The molecule has 0 aliphatic heterocycles. The summed E-state index contributed by atoms with van der Waals surface area (Å²) in [5.41, 5.74) is -0.310. The minimum Gasteiger partial charge on any atom is -0.497 e. The fourth-order valence-corrected chi connectivity index (χ4v) is 2.23. The van der Waals surface area contributed by atoms with Crippen LogP contribution in [0, 0.1) is 0 Å². The van der Waals surface area contributed by atoms with Crippen molar-refractivity contribution >= 4 is 11.0 Å². The molecular formula is C17H11F3O3. The Kier molecular flexibility index (Phi) is 3.60. The molecule has 0 amide bonds. The van der Waals surface area contributed by atoms with Crippen molar-refractivity contribution in [1.29, 1.82) is 0 Å². The summed E-state index contributed by atoms with van der Waals surface area (Å²) < 4.78 is 48.4. The lowest BCUT2D eigenvalue weighted by Crippen LogP contribution is -2.04. The predicted molar refractivity (Wildman–Crippen MR) is 79.5 cm³/mol. The molecule has 1 aromatic heterocycles. The molecule has 0 saturated carbocycles. The molecule has 0 N–H and O–H groups in total. The van der Waals surface area contributed by atoms with E-state index in [9.17, 15) is 18.0 Å². The highest BCUT2D eigenvalue weighted by atomic mass is 19.4. The summed E-state index contributed by atoms with van der Waals surface area (Å²) in [5, 5.41) is 0.347. The van der Waals surface area contributed by atoms with Gasteiger partial charge in [-0.25, -0.2) is 0 Å². The average Bonchev–Trinajstić information content (AvgIpc) is 2.54. The monoisotopic (exact) mass is 320 g/mol. The zero-order chi connectivity index (χ0) is 16.6. The molecule has 0 bridgehead atoms. The third-order valence-electron chi connectivity index (χ3n) is 3.43. The summed E-state index contributed by atoms with van der Waals surface area (Å²) in [6.45, 7) is 0. The van der Waals surface area contributed by atoms with Crippen LogP contribution in [0.4, 0.5) is 13.2 Å². The van der Waals surface area contributed by atoms with Crippen LogP contribution >= 0.6 is 0 Å². The van der Waals surface area contributed by atoms with E-state index in [0.29, 0.717) is 22.3 Å². The van der Waals surface area contributed by atoms with Gasteiger partial charge in [0.25, 0.3) is 0 Å². The lowest BCUT2D eigenvalue weighted by atomic mass is 10.1. The van der Waals surface area contributed by atoms with Crippen LogP contribution in [0.15, 0.2) is 57.7 Å². The number of hydrogen-bond acceptors (Lipinski definition) is 3. The van der Waals surface area contributed by atoms with Crippen LogP contribution in [-0.2, 0) is 6.18 Å². The minimum atomic E-state index is -4.40. The number of ether oxygens (including phenoxy) is 1. The molecule has 0 atom stereocenters. The largest absolute Gasteiger partial charge is 0.497 e. The van der Waals surface area contributed by atoms with Gasteiger partial charge in [0, 0.05) is 11.6 Å². The van der Waals surface area contributed by atoms with Gasteiger partial charge >= 0.3 is 6.18 Å². The molecule has 0 aliphatic rings. The summed E-state index contributed by atoms with van der Waals surface area (Å²) in [4.78, 5) is 12.2. The van der Waals surface area contributed by atoms with Crippen molar-refractivity contribution in [3.05, 3.63) is 64.3 Å². The molecule has 0 unspecified atom stereocenters. The summed E-state index contributed by atoms with van der Waals surface area (Å²) in [6.07, 6.45) is -4.40. The van der Waals surface area contributed by atoms with Gasteiger partial charge in [0.05, 0.1) is 18.1 Å².